The van der Waals surface area contributed by atoms with Crippen molar-refractivity contribution in [2.75, 3.05) is 11.8 Å². The summed E-state index contributed by atoms with van der Waals surface area (Å²) in [6, 6.07) is 10.6. The van der Waals surface area contributed by atoms with Gasteiger partial charge in [0.1, 0.15) is 0 Å². The van der Waals surface area contributed by atoms with Crippen molar-refractivity contribution in [3.8, 4) is 0 Å². The highest BCUT2D eigenvalue weighted by Crippen LogP contribution is 2.36. The second kappa shape index (κ2) is 10.7. The summed E-state index contributed by atoms with van der Waals surface area (Å²) in [7, 11) is 0. The summed E-state index contributed by atoms with van der Waals surface area (Å²) in [5, 5.41) is 1.15. The zero-order chi connectivity index (χ0) is 19.3. The maximum absolute atomic E-state index is 13.3. The molecule has 0 aliphatic rings. The summed E-state index contributed by atoms with van der Waals surface area (Å²) < 4.78 is 0. The summed E-state index contributed by atoms with van der Waals surface area (Å²) in [6.45, 7) is 0. The molecular formula is C19H16Br2Cl4O. The zero-order valence-corrected chi connectivity index (χ0v) is 19.8. The average Bonchev–Trinajstić information content (AvgIpc) is 2.61. The van der Waals surface area contributed by atoms with E-state index in [9.17, 15) is 4.79 Å². The number of halogens is 6. The molecule has 0 aliphatic carbocycles. The predicted octanol–water partition coefficient (Wildman–Crippen LogP) is 8.35. The molecule has 0 aromatic heterocycles. The van der Waals surface area contributed by atoms with E-state index in [1.54, 1.807) is 36.4 Å². The number of carbonyl (C=O) groups is 1. The first-order valence-corrected chi connectivity index (χ1v) is 11.6. The van der Waals surface area contributed by atoms with Gasteiger partial charge in [-0.1, -0.05) is 55.1 Å². The Morgan fingerprint density at radius 3 is 1.54 bits per heavy atom. The van der Waals surface area contributed by atoms with Gasteiger partial charge in [0.05, 0.1) is 0 Å². The summed E-state index contributed by atoms with van der Waals surface area (Å²) in [4.78, 5) is 13.2. The van der Waals surface area contributed by atoms with Crippen molar-refractivity contribution in [1.29, 1.82) is 0 Å². The van der Waals surface area contributed by atoms with Gasteiger partial charge >= 0.3 is 0 Å². The molecular weight excluding hydrogens is 546 g/mol. The van der Waals surface area contributed by atoms with Crippen molar-refractivity contribution in [3.05, 3.63) is 68.7 Å². The molecule has 2 unspecified atom stereocenters. The largest absolute Gasteiger partial charge is 0.289 e. The molecule has 2 rings (SSSR count). The zero-order valence-electron chi connectivity index (χ0n) is 13.6. The normalized spacial score (nSPS) is 13.5. The Balaban J connectivity index is 2.53. The van der Waals surface area contributed by atoms with Crippen LogP contribution in [0.2, 0.25) is 10.0 Å². The minimum absolute atomic E-state index is 0.0593. The van der Waals surface area contributed by atoms with Crippen molar-refractivity contribution in [2.24, 2.45) is 0 Å². The molecule has 0 N–H and O–H groups in total. The third-order valence-corrected chi connectivity index (χ3v) is 6.73. The van der Waals surface area contributed by atoms with Gasteiger partial charge in [0.25, 0.3) is 0 Å². The maximum atomic E-state index is 13.3. The van der Waals surface area contributed by atoms with Gasteiger partial charge in [0.2, 0.25) is 0 Å². The Morgan fingerprint density at radius 2 is 1.19 bits per heavy atom. The van der Waals surface area contributed by atoms with Crippen molar-refractivity contribution in [3.63, 3.8) is 0 Å². The van der Waals surface area contributed by atoms with Gasteiger partial charge in [0.15, 0.2) is 5.78 Å². The van der Waals surface area contributed by atoms with Crippen LogP contribution >= 0.6 is 78.3 Å². The fraction of sp³-hybridized carbons (Fsp3) is 0.316. The molecule has 2 aromatic rings. The minimum Gasteiger partial charge on any atom is -0.289 e. The third-order valence-electron chi connectivity index (χ3n) is 3.92. The van der Waals surface area contributed by atoms with Gasteiger partial charge in [-0.05, 0) is 60.4 Å². The van der Waals surface area contributed by atoms with Crippen molar-refractivity contribution >= 4 is 84.0 Å². The highest BCUT2D eigenvalue weighted by molar-refractivity contribution is 9.09. The number of hydrogen-bond acceptors (Lipinski definition) is 1. The lowest BCUT2D eigenvalue weighted by atomic mass is 9.92. The van der Waals surface area contributed by atoms with Crippen LogP contribution in [0.5, 0.6) is 0 Å². The van der Waals surface area contributed by atoms with Crippen LogP contribution in [-0.2, 0) is 0 Å². The summed E-state index contributed by atoms with van der Waals surface area (Å²) in [6.07, 6.45) is 1.37. The number of benzene rings is 2. The minimum atomic E-state index is -0.0821. The molecule has 0 saturated carbocycles. The van der Waals surface area contributed by atoms with E-state index in [-0.39, 0.29) is 15.4 Å². The Hall–Kier alpha value is 0.230. The highest BCUT2D eigenvalue weighted by atomic mass is 79.9. The second-order valence-corrected chi connectivity index (χ2v) is 9.52. The van der Waals surface area contributed by atoms with Crippen LogP contribution in [0.4, 0.5) is 0 Å². The van der Waals surface area contributed by atoms with Crippen molar-refractivity contribution in [2.45, 2.75) is 22.5 Å². The molecule has 0 amide bonds. The monoisotopic (exact) mass is 558 g/mol. The lowest BCUT2D eigenvalue weighted by molar-refractivity contribution is 0.103. The lowest BCUT2D eigenvalue weighted by Crippen LogP contribution is -2.11. The van der Waals surface area contributed by atoms with Gasteiger partial charge in [0, 0.05) is 42.6 Å². The van der Waals surface area contributed by atoms with Crippen LogP contribution in [0.3, 0.4) is 0 Å². The van der Waals surface area contributed by atoms with E-state index in [4.69, 9.17) is 46.4 Å². The van der Waals surface area contributed by atoms with Crippen LogP contribution in [0.25, 0.3) is 0 Å². The number of alkyl halides is 4. The van der Waals surface area contributed by atoms with Gasteiger partial charge in [-0.2, -0.15) is 0 Å². The van der Waals surface area contributed by atoms with Crippen molar-refractivity contribution in [1.82, 2.24) is 0 Å². The molecule has 2 atom stereocenters. The number of carbonyl (C=O) groups excluding carboxylic acids is 1. The van der Waals surface area contributed by atoms with E-state index in [1.165, 1.54) is 0 Å². The SMILES string of the molecule is O=C(c1ccc(Cl)cc1C(Br)CCCl)c1ccc(Cl)cc1C(Br)CCCl. The van der Waals surface area contributed by atoms with Crippen LogP contribution < -0.4 is 0 Å². The first-order valence-electron chi connectivity index (χ1n) is 7.92. The Kier molecular flexibility index (Phi) is 9.26. The smallest absolute Gasteiger partial charge is 0.193 e. The van der Waals surface area contributed by atoms with Crippen LogP contribution in [0.15, 0.2) is 36.4 Å². The lowest BCUT2D eigenvalue weighted by Gasteiger charge is -2.18. The fourth-order valence-electron chi connectivity index (χ4n) is 2.65. The summed E-state index contributed by atoms with van der Waals surface area (Å²) in [5.74, 6) is 0.865. The molecule has 0 saturated heterocycles. The van der Waals surface area contributed by atoms with Crippen LogP contribution in [0, 0.1) is 0 Å². The molecule has 2 aromatic carbocycles. The molecule has 0 heterocycles. The van der Waals surface area contributed by atoms with Crippen LogP contribution in [0.1, 0.15) is 49.5 Å². The Morgan fingerprint density at radius 1 is 0.808 bits per heavy atom. The quantitative estimate of drug-likeness (QED) is 0.234. The van der Waals surface area contributed by atoms with Crippen LogP contribution in [-0.4, -0.2) is 17.5 Å². The molecule has 0 bridgehead atoms. The van der Waals surface area contributed by atoms with Gasteiger partial charge in [-0.3, -0.25) is 4.79 Å². The first-order chi connectivity index (χ1) is 12.4. The van der Waals surface area contributed by atoms with E-state index in [0.717, 1.165) is 11.1 Å². The predicted molar refractivity (Wildman–Crippen MR) is 120 cm³/mol. The molecule has 0 radical (unpaired) electrons. The summed E-state index contributed by atoms with van der Waals surface area (Å²) in [5.41, 5.74) is 2.84. The third kappa shape index (κ3) is 5.62. The highest BCUT2D eigenvalue weighted by Gasteiger charge is 2.23. The van der Waals surface area contributed by atoms with Gasteiger partial charge < -0.3 is 0 Å². The second-order valence-electron chi connectivity index (χ2n) is 5.68. The van der Waals surface area contributed by atoms with E-state index < -0.39 is 0 Å². The molecule has 26 heavy (non-hydrogen) atoms. The van der Waals surface area contributed by atoms with Gasteiger partial charge in [-0.25, -0.2) is 0 Å². The fourth-order valence-corrected chi connectivity index (χ4v) is 5.19. The first kappa shape index (κ1) is 22.5. The standard InChI is InChI=1S/C19H16Br2Cl4O/c20-17(5-7-22)15-9-11(24)1-3-13(15)19(26)14-4-2-12(25)10-16(14)18(21)6-8-23/h1-4,9-10,17-18H,5-8H2. The number of rotatable bonds is 8. The molecule has 0 spiro atoms. The molecule has 0 aliphatic heterocycles. The topological polar surface area (TPSA) is 17.1 Å². The molecule has 140 valence electrons. The Labute approximate surface area is 190 Å². The van der Waals surface area contributed by atoms with E-state index in [2.05, 4.69) is 31.9 Å². The Bertz CT molecular complexity index is 719. The van der Waals surface area contributed by atoms with E-state index >= 15 is 0 Å². The summed E-state index contributed by atoms with van der Waals surface area (Å²) >= 11 is 31.3. The average molecular weight is 562 g/mol. The number of ketones is 1. The maximum Gasteiger partial charge on any atom is 0.193 e. The van der Waals surface area contributed by atoms with E-state index in [0.29, 0.717) is 45.8 Å². The molecule has 1 nitrogen and oxygen atoms in total. The van der Waals surface area contributed by atoms with E-state index in [1.807, 2.05) is 0 Å². The van der Waals surface area contributed by atoms with Crippen molar-refractivity contribution < 1.29 is 4.79 Å². The molecule has 7 heteroatoms. The molecule has 0 fully saturated rings. The number of hydrogen-bond donors (Lipinski definition) is 0. The van der Waals surface area contributed by atoms with Gasteiger partial charge in [-0.15, -0.1) is 23.2 Å².